The second kappa shape index (κ2) is 7.11. The summed E-state index contributed by atoms with van der Waals surface area (Å²) in [7, 11) is 0. The van der Waals surface area contributed by atoms with E-state index in [0.29, 0.717) is 6.61 Å². The van der Waals surface area contributed by atoms with Gasteiger partial charge in [-0.05, 0) is 31.7 Å². The molecule has 0 heterocycles. The van der Waals surface area contributed by atoms with Crippen LogP contribution in [0.3, 0.4) is 0 Å². The molecule has 1 unspecified atom stereocenters. The maximum absolute atomic E-state index is 11.2. The first-order chi connectivity index (χ1) is 9.25. The molecule has 1 aliphatic rings. The van der Waals surface area contributed by atoms with Crippen LogP contribution in [0.15, 0.2) is 24.3 Å². The van der Waals surface area contributed by atoms with E-state index in [9.17, 15) is 4.79 Å². The normalized spacial score (nSPS) is 18.9. The van der Waals surface area contributed by atoms with E-state index < -0.39 is 0 Å². The topological polar surface area (TPSA) is 26.3 Å². The van der Waals surface area contributed by atoms with Crippen LogP contribution >= 0.6 is 0 Å². The largest absolute Gasteiger partial charge is 0.361 e. The van der Waals surface area contributed by atoms with Gasteiger partial charge in [-0.15, -0.1) is 5.92 Å². The van der Waals surface area contributed by atoms with E-state index in [-0.39, 0.29) is 11.9 Å². The molecule has 2 rings (SSSR count). The van der Waals surface area contributed by atoms with Crippen molar-refractivity contribution in [1.29, 1.82) is 0 Å². The molecule has 0 saturated carbocycles. The third-order valence-corrected chi connectivity index (χ3v) is 3.34. The molecule has 0 saturated heterocycles. The Bertz CT molecular complexity index is 476. The number of hydrogen-bond acceptors (Lipinski definition) is 2. The van der Waals surface area contributed by atoms with Crippen LogP contribution in [0, 0.1) is 11.8 Å². The molecule has 19 heavy (non-hydrogen) atoms. The Kier molecular flexibility index (Phi) is 5.18. The molecule has 2 heteroatoms. The van der Waals surface area contributed by atoms with E-state index in [1.54, 1.807) is 6.92 Å². The van der Waals surface area contributed by atoms with Crippen molar-refractivity contribution in [2.75, 3.05) is 0 Å². The van der Waals surface area contributed by atoms with Gasteiger partial charge in [-0.1, -0.05) is 36.6 Å². The standard InChI is InChI=1S/C17H20O2/c1-14(18)16-11-9-15(10-12-16)13-19-17-7-5-3-2-4-6-8-17/h9-12,17H,2-5,7,13H2,1H3. The van der Waals surface area contributed by atoms with Crippen LogP contribution in [-0.2, 0) is 11.3 Å². The average molecular weight is 256 g/mol. The molecule has 1 aliphatic carbocycles. The van der Waals surface area contributed by atoms with Crippen molar-refractivity contribution in [3.8, 4) is 11.8 Å². The molecule has 1 aromatic carbocycles. The molecule has 0 fully saturated rings. The third kappa shape index (κ3) is 4.54. The van der Waals surface area contributed by atoms with E-state index in [2.05, 4.69) is 11.8 Å². The van der Waals surface area contributed by atoms with Gasteiger partial charge in [0, 0.05) is 12.0 Å². The molecular weight excluding hydrogens is 236 g/mol. The second-order valence-electron chi connectivity index (χ2n) is 4.97. The van der Waals surface area contributed by atoms with E-state index >= 15 is 0 Å². The van der Waals surface area contributed by atoms with Crippen LogP contribution in [0.25, 0.3) is 0 Å². The highest BCUT2D eigenvalue weighted by molar-refractivity contribution is 5.93. The fraction of sp³-hybridized carbons (Fsp3) is 0.471. The zero-order valence-corrected chi connectivity index (χ0v) is 11.4. The minimum absolute atomic E-state index is 0.0628. The van der Waals surface area contributed by atoms with E-state index in [0.717, 1.165) is 24.0 Å². The quantitative estimate of drug-likeness (QED) is 0.606. The Morgan fingerprint density at radius 2 is 2.05 bits per heavy atom. The minimum atomic E-state index is 0.0628. The summed E-state index contributed by atoms with van der Waals surface area (Å²) in [6, 6.07) is 7.61. The zero-order valence-electron chi connectivity index (χ0n) is 11.4. The van der Waals surface area contributed by atoms with E-state index in [1.807, 2.05) is 24.3 Å². The molecule has 1 aromatic rings. The Morgan fingerprint density at radius 1 is 1.26 bits per heavy atom. The lowest BCUT2D eigenvalue weighted by atomic mass is 10.1. The molecule has 0 spiro atoms. The number of carbonyl (C=O) groups is 1. The van der Waals surface area contributed by atoms with Gasteiger partial charge in [0.15, 0.2) is 5.78 Å². The van der Waals surface area contributed by atoms with Crippen LogP contribution in [-0.4, -0.2) is 11.9 Å². The number of carbonyl (C=O) groups excluding carboxylic acids is 1. The van der Waals surface area contributed by atoms with Crippen molar-refractivity contribution >= 4 is 5.78 Å². The van der Waals surface area contributed by atoms with E-state index in [4.69, 9.17) is 4.74 Å². The third-order valence-electron chi connectivity index (χ3n) is 3.34. The molecule has 0 aliphatic heterocycles. The smallest absolute Gasteiger partial charge is 0.159 e. The van der Waals surface area contributed by atoms with Gasteiger partial charge in [0.25, 0.3) is 0 Å². The van der Waals surface area contributed by atoms with Crippen molar-refractivity contribution in [1.82, 2.24) is 0 Å². The van der Waals surface area contributed by atoms with Crippen LogP contribution in [0.2, 0.25) is 0 Å². The summed E-state index contributed by atoms with van der Waals surface area (Å²) < 4.78 is 5.85. The first-order valence-electron chi connectivity index (χ1n) is 6.95. The predicted molar refractivity (Wildman–Crippen MR) is 75.9 cm³/mol. The first-order valence-corrected chi connectivity index (χ1v) is 6.95. The summed E-state index contributed by atoms with van der Waals surface area (Å²) in [5.74, 6) is 6.47. The highest BCUT2D eigenvalue weighted by Crippen LogP contribution is 2.13. The van der Waals surface area contributed by atoms with Gasteiger partial charge < -0.3 is 4.74 Å². The summed E-state index contributed by atoms with van der Waals surface area (Å²) in [5, 5.41) is 0. The van der Waals surface area contributed by atoms with Gasteiger partial charge in [0.1, 0.15) is 6.10 Å². The molecule has 1 atom stereocenters. The summed E-state index contributed by atoms with van der Waals surface area (Å²) >= 11 is 0. The molecule has 0 amide bonds. The van der Waals surface area contributed by atoms with Crippen LogP contribution in [0.1, 0.15) is 54.9 Å². The van der Waals surface area contributed by atoms with Crippen molar-refractivity contribution < 1.29 is 9.53 Å². The zero-order chi connectivity index (χ0) is 13.5. The molecule has 0 N–H and O–H groups in total. The van der Waals surface area contributed by atoms with Crippen LogP contribution in [0.4, 0.5) is 0 Å². The fourth-order valence-corrected chi connectivity index (χ4v) is 2.14. The van der Waals surface area contributed by atoms with Gasteiger partial charge in [-0.25, -0.2) is 0 Å². The molecule has 0 radical (unpaired) electrons. The number of hydrogen-bond donors (Lipinski definition) is 0. The summed E-state index contributed by atoms with van der Waals surface area (Å²) in [6.07, 6.45) is 5.75. The second-order valence-corrected chi connectivity index (χ2v) is 4.97. The lowest BCUT2D eigenvalue weighted by Crippen LogP contribution is -2.11. The summed E-state index contributed by atoms with van der Waals surface area (Å²) in [5.41, 5.74) is 1.84. The van der Waals surface area contributed by atoms with Crippen molar-refractivity contribution in [2.24, 2.45) is 0 Å². The predicted octanol–water partition coefficient (Wildman–Crippen LogP) is 3.74. The molecule has 0 bridgehead atoms. The van der Waals surface area contributed by atoms with Crippen LogP contribution in [0.5, 0.6) is 0 Å². The Hall–Kier alpha value is -1.59. The first kappa shape index (κ1) is 13.8. The maximum Gasteiger partial charge on any atom is 0.159 e. The Balaban J connectivity index is 1.88. The van der Waals surface area contributed by atoms with Crippen LogP contribution < -0.4 is 0 Å². The van der Waals surface area contributed by atoms with Crippen molar-refractivity contribution in [2.45, 2.75) is 51.7 Å². The van der Waals surface area contributed by atoms with Gasteiger partial charge in [0.2, 0.25) is 0 Å². The molecule has 100 valence electrons. The van der Waals surface area contributed by atoms with Gasteiger partial charge in [-0.2, -0.15) is 0 Å². The number of ketones is 1. The molecule has 2 nitrogen and oxygen atoms in total. The minimum Gasteiger partial charge on any atom is -0.361 e. The summed E-state index contributed by atoms with van der Waals surface area (Å²) in [6.45, 7) is 2.15. The van der Waals surface area contributed by atoms with Gasteiger partial charge in [0.05, 0.1) is 6.61 Å². The number of Topliss-reactive ketones (excluding diaryl/α,β-unsaturated/α-hetero) is 1. The average Bonchev–Trinajstić information content (AvgIpc) is 2.38. The fourth-order valence-electron chi connectivity index (χ4n) is 2.14. The Morgan fingerprint density at radius 3 is 2.79 bits per heavy atom. The van der Waals surface area contributed by atoms with Gasteiger partial charge >= 0.3 is 0 Å². The van der Waals surface area contributed by atoms with Gasteiger partial charge in [-0.3, -0.25) is 4.79 Å². The highest BCUT2D eigenvalue weighted by Gasteiger charge is 2.07. The highest BCUT2D eigenvalue weighted by atomic mass is 16.5. The SMILES string of the molecule is CC(=O)c1ccc(COC2C#CCCCCC2)cc1. The lowest BCUT2D eigenvalue weighted by Gasteiger charge is -2.14. The molecule has 0 aromatic heterocycles. The Labute approximate surface area is 115 Å². The lowest BCUT2D eigenvalue weighted by molar-refractivity contribution is 0.0704. The number of rotatable bonds is 4. The number of benzene rings is 1. The maximum atomic E-state index is 11.2. The number of ether oxygens (including phenoxy) is 1. The van der Waals surface area contributed by atoms with Crippen molar-refractivity contribution in [3.63, 3.8) is 0 Å². The monoisotopic (exact) mass is 256 g/mol. The summed E-state index contributed by atoms with van der Waals surface area (Å²) in [4.78, 5) is 11.2. The van der Waals surface area contributed by atoms with E-state index in [1.165, 1.54) is 19.3 Å². The van der Waals surface area contributed by atoms with Crippen molar-refractivity contribution in [3.05, 3.63) is 35.4 Å². The molecular formula is C17H20O2.